The second kappa shape index (κ2) is 8.31. The first-order valence-corrected chi connectivity index (χ1v) is 11.4. The molecule has 0 N–H and O–H groups in total. The van der Waals surface area contributed by atoms with E-state index < -0.39 is 0 Å². The number of likely N-dealkylation sites (tertiary alicyclic amines) is 1. The van der Waals surface area contributed by atoms with Gasteiger partial charge in [-0.3, -0.25) is 4.79 Å². The molecule has 0 spiro atoms. The van der Waals surface area contributed by atoms with Crippen molar-refractivity contribution in [1.29, 1.82) is 0 Å². The summed E-state index contributed by atoms with van der Waals surface area (Å²) in [7, 11) is 1.68. The molecule has 1 saturated heterocycles. The van der Waals surface area contributed by atoms with Crippen LogP contribution in [0.3, 0.4) is 0 Å². The Morgan fingerprint density at radius 1 is 0.969 bits per heavy atom. The van der Waals surface area contributed by atoms with Crippen molar-refractivity contribution in [3.8, 4) is 16.9 Å². The molecule has 1 aliphatic heterocycles. The first-order valence-electron chi connectivity index (χ1n) is 11.4. The SMILES string of the molecule is COc1ccc(-c2cccc(C3C4C=CCC[C@@]4(C)C(=O)N3Cc3ccccc3)c2)cc1. The van der Waals surface area contributed by atoms with Crippen molar-refractivity contribution in [1.82, 2.24) is 4.90 Å². The molecule has 0 bridgehead atoms. The van der Waals surface area contributed by atoms with Crippen molar-refractivity contribution < 1.29 is 9.53 Å². The van der Waals surface area contributed by atoms with E-state index in [-0.39, 0.29) is 23.3 Å². The van der Waals surface area contributed by atoms with Gasteiger partial charge in [-0.2, -0.15) is 0 Å². The van der Waals surface area contributed by atoms with Gasteiger partial charge in [0, 0.05) is 12.5 Å². The molecule has 3 nitrogen and oxygen atoms in total. The number of allylic oxidation sites excluding steroid dienone is 1. The molecule has 1 amide bonds. The van der Waals surface area contributed by atoms with E-state index in [1.54, 1.807) is 7.11 Å². The van der Waals surface area contributed by atoms with Crippen LogP contribution in [0.5, 0.6) is 5.75 Å². The van der Waals surface area contributed by atoms with Crippen molar-refractivity contribution in [2.45, 2.75) is 32.4 Å². The molecule has 162 valence electrons. The van der Waals surface area contributed by atoms with E-state index in [9.17, 15) is 4.79 Å². The van der Waals surface area contributed by atoms with Crippen LogP contribution in [-0.4, -0.2) is 17.9 Å². The van der Waals surface area contributed by atoms with Crippen molar-refractivity contribution in [2.75, 3.05) is 7.11 Å². The van der Waals surface area contributed by atoms with Crippen LogP contribution in [0.1, 0.15) is 36.9 Å². The zero-order valence-electron chi connectivity index (χ0n) is 18.7. The number of nitrogens with zero attached hydrogens (tertiary/aromatic N) is 1. The first-order chi connectivity index (χ1) is 15.6. The standard InChI is InChI=1S/C29H29NO2/c1-29-18-7-6-13-26(29)27(30(28(29)31)20-21-9-4-3-5-10-21)24-12-8-11-23(19-24)22-14-16-25(32-2)17-15-22/h3-6,8-17,19,26-27H,7,18,20H2,1-2H3/t26?,27?,29-/m1/s1. The molecule has 2 unspecified atom stereocenters. The molecule has 1 aliphatic carbocycles. The van der Waals surface area contributed by atoms with Crippen LogP contribution in [0.25, 0.3) is 11.1 Å². The maximum Gasteiger partial charge on any atom is 0.230 e. The van der Waals surface area contributed by atoms with Gasteiger partial charge >= 0.3 is 0 Å². The Morgan fingerprint density at radius 3 is 2.50 bits per heavy atom. The van der Waals surface area contributed by atoms with E-state index >= 15 is 0 Å². The van der Waals surface area contributed by atoms with Crippen molar-refractivity contribution in [3.05, 3.63) is 102 Å². The molecular formula is C29H29NO2. The topological polar surface area (TPSA) is 29.5 Å². The Labute approximate surface area is 190 Å². The van der Waals surface area contributed by atoms with Crippen LogP contribution in [0, 0.1) is 11.3 Å². The Balaban J connectivity index is 1.56. The van der Waals surface area contributed by atoms with Gasteiger partial charge in [-0.1, -0.05) is 79.7 Å². The molecule has 0 radical (unpaired) electrons. The fraction of sp³-hybridized carbons (Fsp3) is 0.276. The van der Waals surface area contributed by atoms with Crippen molar-refractivity contribution in [2.24, 2.45) is 11.3 Å². The molecule has 5 rings (SSSR count). The molecule has 3 aromatic carbocycles. The summed E-state index contributed by atoms with van der Waals surface area (Å²) in [5.41, 5.74) is 4.33. The summed E-state index contributed by atoms with van der Waals surface area (Å²) in [6, 6.07) is 27.2. The first kappa shape index (κ1) is 20.6. The number of rotatable bonds is 5. The molecule has 0 saturated carbocycles. The number of benzene rings is 3. The molecule has 2 aliphatic rings. The largest absolute Gasteiger partial charge is 0.497 e. The van der Waals surface area contributed by atoms with Crippen LogP contribution in [0.2, 0.25) is 0 Å². The van der Waals surface area contributed by atoms with Gasteiger partial charge in [0.05, 0.1) is 18.6 Å². The smallest absolute Gasteiger partial charge is 0.230 e. The Morgan fingerprint density at radius 2 is 1.75 bits per heavy atom. The van der Waals surface area contributed by atoms with Gasteiger partial charge in [-0.25, -0.2) is 0 Å². The van der Waals surface area contributed by atoms with E-state index in [0.29, 0.717) is 6.54 Å². The van der Waals surface area contributed by atoms with Crippen LogP contribution < -0.4 is 4.74 Å². The van der Waals surface area contributed by atoms with E-state index in [1.807, 2.05) is 30.3 Å². The lowest BCUT2D eigenvalue weighted by molar-refractivity contribution is -0.137. The average molecular weight is 424 g/mol. The van der Waals surface area contributed by atoms with Gasteiger partial charge in [0.15, 0.2) is 0 Å². The second-order valence-electron chi connectivity index (χ2n) is 9.13. The van der Waals surface area contributed by atoms with Gasteiger partial charge < -0.3 is 9.64 Å². The minimum absolute atomic E-state index is 0.0301. The molecular weight excluding hydrogens is 394 g/mol. The number of hydrogen-bond acceptors (Lipinski definition) is 2. The summed E-state index contributed by atoms with van der Waals surface area (Å²) in [4.78, 5) is 15.9. The highest BCUT2D eigenvalue weighted by molar-refractivity contribution is 5.87. The zero-order chi connectivity index (χ0) is 22.1. The average Bonchev–Trinajstić information content (AvgIpc) is 3.06. The minimum atomic E-state index is -0.343. The van der Waals surface area contributed by atoms with Gasteiger partial charge in [0.25, 0.3) is 0 Å². The molecule has 1 heterocycles. The molecule has 1 fully saturated rings. The lowest BCUT2D eigenvalue weighted by Crippen LogP contribution is -2.34. The van der Waals surface area contributed by atoms with Crippen LogP contribution in [0.15, 0.2) is 91.0 Å². The van der Waals surface area contributed by atoms with Gasteiger partial charge in [-0.05, 0) is 53.3 Å². The summed E-state index contributed by atoms with van der Waals surface area (Å²) >= 11 is 0. The molecule has 0 aromatic heterocycles. The minimum Gasteiger partial charge on any atom is -0.497 e. The maximum atomic E-state index is 13.8. The van der Waals surface area contributed by atoms with Crippen LogP contribution in [0.4, 0.5) is 0 Å². The summed E-state index contributed by atoms with van der Waals surface area (Å²) in [6.07, 6.45) is 6.42. The number of fused-ring (bicyclic) bond motifs is 1. The van der Waals surface area contributed by atoms with Gasteiger partial charge in [0.2, 0.25) is 5.91 Å². The molecule has 3 atom stereocenters. The van der Waals surface area contributed by atoms with Crippen molar-refractivity contribution >= 4 is 5.91 Å². The number of hydrogen-bond donors (Lipinski definition) is 0. The Bertz CT molecular complexity index is 1140. The van der Waals surface area contributed by atoms with Gasteiger partial charge in [-0.15, -0.1) is 0 Å². The normalized spacial score (nSPS) is 24.4. The highest BCUT2D eigenvalue weighted by atomic mass is 16.5. The van der Waals surface area contributed by atoms with E-state index in [0.717, 1.165) is 29.7 Å². The van der Waals surface area contributed by atoms with E-state index in [1.165, 1.54) is 11.1 Å². The fourth-order valence-electron chi connectivity index (χ4n) is 5.38. The third kappa shape index (κ3) is 3.52. The van der Waals surface area contributed by atoms with E-state index in [4.69, 9.17) is 4.74 Å². The number of amides is 1. The quantitative estimate of drug-likeness (QED) is 0.443. The predicted molar refractivity (Wildman–Crippen MR) is 128 cm³/mol. The number of methoxy groups -OCH3 is 1. The highest BCUT2D eigenvalue weighted by Crippen LogP contribution is 2.54. The number of carbonyl (C=O) groups is 1. The fourth-order valence-corrected chi connectivity index (χ4v) is 5.38. The predicted octanol–water partition coefficient (Wildman–Crippen LogP) is 6.42. The lowest BCUT2D eigenvalue weighted by Gasteiger charge is -2.32. The monoisotopic (exact) mass is 423 g/mol. The second-order valence-corrected chi connectivity index (χ2v) is 9.13. The number of carbonyl (C=O) groups excluding carboxylic acids is 1. The van der Waals surface area contributed by atoms with Crippen LogP contribution >= 0.6 is 0 Å². The summed E-state index contributed by atoms with van der Waals surface area (Å²) < 4.78 is 5.31. The Hall–Kier alpha value is -3.33. The maximum absolute atomic E-state index is 13.8. The molecule has 32 heavy (non-hydrogen) atoms. The van der Waals surface area contributed by atoms with Crippen LogP contribution in [-0.2, 0) is 11.3 Å². The third-order valence-electron chi connectivity index (χ3n) is 7.18. The molecule has 3 aromatic rings. The third-order valence-corrected chi connectivity index (χ3v) is 7.18. The molecule has 3 heteroatoms. The highest BCUT2D eigenvalue weighted by Gasteiger charge is 2.55. The summed E-state index contributed by atoms with van der Waals surface area (Å²) in [6.45, 7) is 2.80. The van der Waals surface area contributed by atoms with Crippen molar-refractivity contribution in [3.63, 3.8) is 0 Å². The number of ether oxygens (including phenoxy) is 1. The van der Waals surface area contributed by atoms with Gasteiger partial charge in [0.1, 0.15) is 5.75 Å². The lowest BCUT2D eigenvalue weighted by atomic mass is 9.69. The zero-order valence-corrected chi connectivity index (χ0v) is 18.7. The summed E-state index contributed by atoms with van der Waals surface area (Å²) in [5.74, 6) is 1.30. The summed E-state index contributed by atoms with van der Waals surface area (Å²) in [5, 5.41) is 0. The Kier molecular flexibility index (Phi) is 5.34. The van der Waals surface area contributed by atoms with E-state index in [2.05, 4.69) is 72.5 Å².